The Labute approximate surface area is 113 Å². The summed E-state index contributed by atoms with van der Waals surface area (Å²) in [7, 11) is 0. The molecule has 0 radical (unpaired) electrons. The lowest BCUT2D eigenvalue weighted by Crippen LogP contribution is -2.54. The van der Waals surface area contributed by atoms with Gasteiger partial charge in [0.15, 0.2) is 17.9 Å². The second kappa shape index (κ2) is 4.27. The van der Waals surface area contributed by atoms with Crippen molar-refractivity contribution in [3.63, 3.8) is 0 Å². The average Bonchev–Trinajstić information content (AvgIpc) is 2.74. The zero-order valence-electron chi connectivity index (χ0n) is 12.1. The zero-order valence-corrected chi connectivity index (χ0v) is 12.1. The second-order valence-electron chi connectivity index (χ2n) is 6.16. The Hall–Kier alpha value is -0.460. The summed E-state index contributed by atoms with van der Waals surface area (Å²) in [6.07, 6.45) is 2.78. The third kappa shape index (κ3) is 2.34. The van der Waals surface area contributed by atoms with Crippen LogP contribution < -0.4 is 0 Å². The Morgan fingerprint density at radius 2 is 1.37 bits per heavy atom. The number of ether oxygens (including phenoxy) is 5. The number of hydrogen-bond donors (Lipinski definition) is 0. The van der Waals surface area contributed by atoms with Gasteiger partial charge in [-0.25, -0.2) is 0 Å². The Morgan fingerprint density at radius 3 is 2.05 bits per heavy atom. The molecule has 3 heterocycles. The van der Waals surface area contributed by atoms with E-state index >= 15 is 0 Å². The maximum atomic E-state index is 6.00. The fourth-order valence-corrected chi connectivity index (χ4v) is 2.99. The van der Waals surface area contributed by atoms with Gasteiger partial charge in [-0.2, -0.15) is 0 Å². The third-order valence-corrected chi connectivity index (χ3v) is 3.57. The first-order valence-electron chi connectivity index (χ1n) is 6.81. The van der Waals surface area contributed by atoms with Crippen LogP contribution in [0.2, 0.25) is 0 Å². The Kier molecular flexibility index (Phi) is 3.04. The third-order valence-electron chi connectivity index (χ3n) is 3.57. The maximum Gasteiger partial charge on any atom is 0.190 e. The summed E-state index contributed by atoms with van der Waals surface area (Å²) in [5.41, 5.74) is 0. The van der Waals surface area contributed by atoms with Gasteiger partial charge in [0.1, 0.15) is 24.4 Å². The van der Waals surface area contributed by atoms with Crippen molar-refractivity contribution in [2.24, 2.45) is 0 Å². The van der Waals surface area contributed by atoms with E-state index in [2.05, 4.69) is 0 Å². The molecule has 5 heteroatoms. The predicted octanol–water partition coefficient (Wildman–Crippen LogP) is 1.96. The van der Waals surface area contributed by atoms with Gasteiger partial charge in [0.2, 0.25) is 0 Å². The van der Waals surface area contributed by atoms with Crippen LogP contribution >= 0.6 is 0 Å². The van der Waals surface area contributed by atoms with Crippen molar-refractivity contribution >= 4 is 0 Å². The van der Waals surface area contributed by atoms with Crippen molar-refractivity contribution in [3.05, 3.63) is 12.2 Å². The standard InChI is InChI=1S/C14H22O5/c1-6-7-8-9-10(17-13(2,3)16-9)11-12(15-8)19-14(4,5)18-11/h6-12H,1-5H3/t8-,9+,10+,11?,12?/m0/s1. The molecule has 2 unspecified atom stereocenters. The van der Waals surface area contributed by atoms with Gasteiger partial charge in [-0.05, 0) is 34.6 Å². The zero-order chi connectivity index (χ0) is 13.8. The summed E-state index contributed by atoms with van der Waals surface area (Å²) in [6, 6.07) is 0. The number of rotatable bonds is 1. The van der Waals surface area contributed by atoms with Crippen molar-refractivity contribution in [2.45, 2.75) is 76.9 Å². The van der Waals surface area contributed by atoms with Crippen LogP contribution in [0.1, 0.15) is 34.6 Å². The largest absolute Gasteiger partial charge is 0.342 e. The van der Waals surface area contributed by atoms with E-state index < -0.39 is 17.9 Å². The molecule has 5 atom stereocenters. The van der Waals surface area contributed by atoms with Gasteiger partial charge < -0.3 is 23.7 Å². The van der Waals surface area contributed by atoms with Crippen LogP contribution in [0.5, 0.6) is 0 Å². The van der Waals surface area contributed by atoms with Crippen molar-refractivity contribution in [1.82, 2.24) is 0 Å². The summed E-state index contributed by atoms with van der Waals surface area (Å²) in [5.74, 6) is -1.27. The monoisotopic (exact) mass is 270 g/mol. The highest BCUT2D eigenvalue weighted by Gasteiger charge is 2.60. The van der Waals surface area contributed by atoms with Crippen LogP contribution in [0.4, 0.5) is 0 Å². The van der Waals surface area contributed by atoms with E-state index in [1.165, 1.54) is 0 Å². The maximum absolute atomic E-state index is 6.00. The molecule has 0 aliphatic carbocycles. The van der Waals surface area contributed by atoms with Crippen LogP contribution in [-0.4, -0.2) is 42.3 Å². The highest BCUT2D eigenvalue weighted by atomic mass is 16.9. The summed E-state index contributed by atoms with van der Waals surface area (Å²) in [5, 5.41) is 0. The quantitative estimate of drug-likeness (QED) is 0.682. The molecule has 3 saturated heterocycles. The van der Waals surface area contributed by atoms with Crippen LogP contribution in [0.25, 0.3) is 0 Å². The first-order chi connectivity index (χ1) is 8.81. The lowest BCUT2D eigenvalue weighted by atomic mass is 9.99. The van der Waals surface area contributed by atoms with Gasteiger partial charge in [0, 0.05) is 0 Å². The van der Waals surface area contributed by atoms with Crippen molar-refractivity contribution in [3.8, 4) is 0 Å². The lowest BCUT2D eigenvalue weighted by molar-refractivity contribution is -0.222. The minimum Gasteiger partial charge on any atom is -0.342 e. The smallest absolute Gasteiger partial charge is 0.190 e. The van der Waals surface area contributed by atoms with Crippen LogP contribution in [0.15, 0.2) is 12.2 Å². The molecule has 5 nitrogen and oxygen atoms in total. The topological polar surface area (TPSA) is 46.2 Å². The molecular weight excluding hydrogens is 248 g/mol. The fraction of sp³-hybridized carbons (Fsp3) is 0.857. The van der Waals surface area contributed by atoms with E-state index in [1.807, 2.05) is 46.8 Å². The summed E-state index contributed by atoms with van der Waals surface area (Å²) >= 11 is 0. The van der Waals surface area contributed by atoms with Gasteiger partial charge in [0.05, 0.1) is 0 Å². The molecule has 19 heavy (non-hydrogen) atoms. The molecule has 108 valence electrons. The molecular formula is C14H22O5. The summed E-state index contributed by atoms with van der Waals surface area (Å²) < 4.78 is 29.6. The van der Waals surface area contributed by atoms with Crippen molar-refractivity contribution < 1.29 is 23.7 Å². The second-order valence-corrected chi connectivity index (χ2v) is 6.16. The highest BCUT2D eigenvalue weighted by Crippen LogP contribution is 2.44. The molecule has 3 aliphatic rings. The van der Waals surface area contributed by atoms with Crippen LogP contribution in [0.3, 0.4) is 0 Å². The minimum absolute atomic E-state index is 0.162. The lowest BCUT2D eigenvalue weighted by Gasteiger charge is -2.35. The molecule has 0 N–H and O–H groups in total. The molecule has 0 aromatic heterocycles. The molecule has 0 aromatic carbocycles. The summed E-state index contributed by atoms with van der Waals surface area (Å²) in [4.78, 5) is 0. The van der Waals surface area contributed by atoms with Crippen molar-refractivity contribution in [2.75, 3.05) is 0 Å². The molecule has 0 aromatic rings. The average molecular weight is 270 g/mol. The SMILES string of the molecule is CC=C[C@@H]1OC2OC(C)(C)OC2[C@@H]2OC(C)(C)O[C@H]12. The number of hydrogen-bond acceptors (Lipinski definition) is 5. The van der Waals surface area contributed by atoms with E-state index in [-0.39, 0.29) is 24.4 Å². The van der Waals surface area contributed by atoms with E-state index in [9.17, 15) is 0 Å². The Morgan fingerprint density at radius 1 is 0.789 bits per heavy atom. The van der Waals surface area contributed by atoms with Crippen LogP contribution in [0, 0.1) is 0 Å². The first kappa shape index (κ1) is 13.5. The molecule has 3 fully saturated rings. The summed E-state index contributed by atoms with van der Waals surface area (Å²) in [6.45, 7) is 9.55. The van der Waals surface area contributed by atoms with E-state index in [4.69, 9.17) is 23.7 Å². The molecule has 0 saturated carbocycles. The van der Waals surface area contributed by atoms with E-state index in [0.29, 0.717) is 0 Å². The first-order valence-corrected chi connectivity index (χ1v) is 6.81. The molecule has 3 rings (SSSR count). The van der Waals surface area contributed by atoms with Gasteiger partial charge in [-0.3, -0.25) is 0 Å². The van der Waals surface area contributed by atoms with Gasteiger partial charge in [0.25, 0.3) is 0 Å². The fourth-order valence-electron chi connectivity index (χ4n) is 2.99. The van der Waals surface area contributed by atoms with E-state index in [0.717, 1.165) is 0 Å². The molecule has 0 bridgehead atoms. The molecule has 0 amide bonds. The minimum atomic E-state index is -0.652. The van der Waals surface area contributed by atoms with E-state index in [1.54, 1.807) is 0 Å². The number of allylic oxidation sites excluding steroid dienone is 1. The van der Waals surface area contributed by atoms with Crippen molar-refractivity contribution in [1.29, 1.82) is 0 Å². The van der Waals surface area contributed by atoms with Gasteiger partial charge >= 0.3 is 0 Å². The Bertz CT molecular complexity index is 389. The van der Waals surface area contributed by atoms with Gasteiger partial charge in [-0.1, -0.05) is 12.2 Å². The van der Waals surface area contributed by atoms with Gasteiger partial charge in [-0.15, -0.1) is 0 Å². The molecule has 0 spiro atoms. The number of fused-ring (bicyclic) bond motifs is 3. The Balaban J connectivity index is 1.88. The highest BCUT2D eigenvalue weighted by molar-refractivity contribution is 5.06. The normalized spacial score (nSPS) is 47.3. The van der Waals surface area contributed by atoms with Crippen LogP contribution in [-0.2, 0) is 23.7 Å². The predicted molar refractivity (Wildman–Crippen MR) is 67.3 cm³/mol. The molecule has 3 aliphatic heterocycles.